The first-order chi connectivity index (χ1) is 7.37. The van der Waals surface area contributed by atoms with Crippen LogP contribution >= 0.6 is 11.3 Å². The lowest BCUT2D eigenvalue weighted by Gasteiger charge is -2.21. The van der Waals surface area contributed by atoms with Gasteiger partial charge in [-0.2, -0.15) is 0 Å². The van der Waals surface area contributed by atoms with Crippen molar-refractivity contribution in [3.8, 4) is 0 Å². The van der Waals surface area contributed by atoms with E-state index in [2.05, 4.69) is 50.3 Å². The topological polar surface area (TPSA) is 24.9 Å². The van der Waals surface area contributed by atoms with Crippen molar-refractivity contribution in [1.82, 2.24) is 10.3 Å². The molecule has 0 spiro atoms. The third-order valence-electron chi connectivity index (χ3n) is 2.63. The molecule has 1 heterocycles. The molecule has 1 atom stereocenters. The summed E-state index contributed by atoms with van der Waals surface area (Å²) in [5, 5.41) is 6.82. The predicted molar refractivity (Wildman–Crippen MR) is 71.8 cm³/mol. The van der Waals surface area contributed by atoms with Gasteiger partial charge in [-0.05, 0) is 32.1 Å². The van der Waals surface area contributed by atoms with Gasteiger partial charge in [-0.1, -0.05) is 20.8 Å². The van der Waals surface area contributed by atoms with Crippen LogP contribution in [0.5, 0.6) is 0 Å². The maximum Gasteiger partial charge on any atom is 0.0897 e. The molecule has 0 amide bonds. The Bertz CT molecular complexity index is 312. The molecule has 0 bridgehead atoms. The largest absolute Gasteiger partial charge is 0.309 e. The molecule has 3 heteroatoms. The van der Waals surface area contributed by atoms with E-state index >= 15 is 0 Å². The second kappa shape index (κ2) is 5.78. The normalized spacial score (nSPS) is 14.1. The van der Waals surface area contributed by atoms with Crippen LogP contribution in [0.15, 0.2) is 5.38 Å². The lowest BCUT2D eigenvalue weighted by atomic mass is 9.89. The quantitative estimate of drug-likeness (QED) is 0.847. The minimum absolute atomic E-state index is 0.438. The highest BCUT2D eigenvalue weighted by Gasteiger charge is 2.12. The van der Waals surface area contributed by atoms with Gasteiger partial charge in [0, 0.05) is 18.0 Å². The molecule has 2 nitrogen and oxygen atoms in total. The van der Waals surface area contributed by atoms with Crippen LogP contribution in [-0.4, -0.2) is 11.0 Å². The summed E-state index contributed by atoms with van der Waals surface area (Å²) >= 11 is 1.72. The molecular weight excluding hydrogens is 216 g/mol. The van der Waals surface area contributed by atoms with Crippen LogP contribution in [0.3, 0.4) is 0 Å². The fraction of sp³-hybridized carbons (Fsp3) is 0.769. The minimum atomic E-state index is 0.438. The molecule has 0 radical (unpaired) electrons. The zero-order valence-corrected chi connectivity index (χ0v) is 11.9. The second-order valence-corrected chi connectivity index (χ2v) is 6.80. The first-order valence-electron chi connectivity index (χ1n) is 6.01. The smallest absolute Gasteiger partial charge is 0.0897 e. The molecular formula is C13H24N2S. The van der Waals surface area contributed by atoms with Crippen molar-refractivity contribution < 1.29 is 0 Å². The van der Waals surface area contributed by atoms with Gasteiger partial charge in [-0.3, -0.25) is 0 Å². The maximum atomic E-state index is 4.45. The number of hydrogen-bond acceptors (Lipinski definition) is 3. The van der Waals surface area contributed by atoms with E-state index in [-0.39, 0.29) is 0 Å². The Balaban J connectivity index is 2.22. The highest BCUT2D eigenvalue weighted by molar-refractivity contribution is 7.09. The average molecular weight is 240 g/mol. The molecule has 92 valence electrons. The summed E-state index contributed by atoms with van der Waals surface area (Å²) in [5.41, 5.74) is 1.61. The molecule has 0 fully saturated rings. The van der Waals surface area contributed by atoms with E-state index in [4.69, 9.17) is 0 Å². The summed E-state index contributed by atoms with van der Waals surface area (Å²) in [5.74, 6) is 0. The van der Waals surface area contributed by atoms with Gasteiger partial charge in [0.15, 0.2) is 0 Å². The number of thiazole rings is 1. The number of nitrogens with one attached hydrogen (secondary N) is 1. The van der Waals surface area contributed by atoms with E-state index in [9.17, 15) is 0 Å². The second-order valence-electron chi connectivity index (χ2n) is 5.74. The van der Waals surface area contributed by atoms with Gasteiger partial charge in [-0.15, -0.1) is 11.3 Å². The molecule has 16 heavy (non-hydrogen) atoms. The van der Waals surface area contributed by atoms with Crippen LogP contribution in [-0.2, 0) is 6.54 Å². The Morgan fingerprint density at radius 2 is 2.12 bits per heavy atom. The molecule has 0 aromatic carbocycles. The van der Waals surface area contributed by atoms with Gasteiger partial charge < -0.3 is 5.32 Å². The third kappa shape index (κ3) is 5.61. The Kier molecular flexibility index (Phi) is 4.93. The number of rotatable bonds is 5. The van der Waals surface area contributed by atoms with Crippen LogP contribution in [0.25, 0.3) is 0 Å². The van der Waals surface area contributed by atoms with Crippen molar-refractivity contribution in [2.75, 3.05) is 0 Å². The molecule has 1 aromatic rings. The number of aryl methyl sites for hydroxylation is 1. The minimum Gasteiger partial charge on any atom is -0.309 e. The van der Waals surface area contributed by atoms with E-state index in [0.29, 0.717) is 11.5 Å². The van der Waals surface area contributed by atoms with E-state index in [1.54, 1.807) is 11.3 Å². The van der Waals surface area contributed by atoms with Crippen molar-refractivity contribution in [2.45, 2.75) is 60.0 Å². The zero-order chi connectivity index (χ0) is 12.2. The summed E-state index contributed by atoms with van der Waals surface area (Å²) in [6, 6.07) is 0.571. The SMILES string of the molecule is Cc1nc(CNC(C)CCC(C)(C)C)cs1. The summed E-state index contributed by atoms with van der Waals surface area (Å²) in [6.07, 6.45) is 2.49. The Morgan fingerprint density at radius 3 is 2.62 bits per heavy atom. The summed E-state index contributed by atoms with van der Waals surface area (Å²) in [6.45, 7) is 12.1. The summed E-state index contributed by atoms with van der Waals surface area (Å²) in [7, 11) is 0. The molecule has 0 aliphatic carbocycles. The Hall–Kier alpha value is -0.410. The maximum absolute atomic E-state index is 4.45. The van der Waals surface area contributed by atoms with Crippen LogP contribution in [0.1, 0.15) is 51.2 Å². The highest BCUT2D eigenvalue weighted by atomic mass is 32.1. The molecule has 1 N–H and O–H groups in total. The molecule has 0 aliphatic heterocycles. The average Bonchev–Trinajstić information content (AvgIpc) is 2.57. The first-order valence-corrected chi connectivity index (χ1v) is 6.89. The van der Waals surface area contributed by atoms with Gasteiger partial charge in [0.25, 0.3) is 0 Å². The van der Waals surface area contributed by atoms with Gasteiger partial charge in [0.1, 0.15) is 0 Å². The van der Waals surface area contributed by atoms with Gasteiger partial charge in [0.05, 0.1) is 10.7 Å². The van der Waals surface area contributed by atoms with Gasteiger partial charge in [0.2, 0.25) is 0 Å². The zero-order valence-electron chi connectivity index (χ0n) is 11.1. The Labute approximate surface area is 103 Å². The summed E-state index contributed by atoms with van der Waals surface area (Å²) in [4.78, 5) is 4.45. The van der Waals surface area contributed by atoms with Gasteiger partial charge >= 0.3 is 0 Å². The van der Waals surface area contributed by atoms with Crippen molar-refractivity contribution in [2.24, 2.45) is 5.41 Å². The van der Waals surface area contributed by atoms with Crippen molar-refractivity contribution >= 4 is 11.3 Å². The number of aromatic nitrogens is 1. The molecule has 0 saturated carbocycles. The van der Waals surface area contributed by atoms with Crippen LogP contribution < -0.4 is 5.32 Å². The molecule has 1 rings (SSSR count). The number of nitrogens with zero attached hydrogens (tertiary/aromatic N) is 1. The monoisotopic (exact) mass is 240 g/mol. The molecule has 0 saturated heterocycles. The van der Waals surface area contributed by atoms with Crippen molar-refractivity contribution in [1.29, 1.82) is 0 Å². The summed E-state index contributed by atoms with van der Waals surface area (Å²) < 4.78 is 0. The van der Waals surface area contributed by atoms with E-state index in [0.717, 1.165) is 11.6 Å². The van der Waals surface area contributed by atoms with Crippen LogP contribution in [0.4, 0.5) is 0 Å². The third-order valence-corrected chi connectivity index (χ3v) is 3.45. The van der Waals surface area contributed by atoms with E-state index in [1.807, 2.05) is 0 Å². The van der Waals surface area contributed by atoms with Crippen molar-refractivity contribution in [3.05, 3.63) is 16.1 Å². The highest BCUT2D eigenvalue weighted by Crippen LogP contribution is 2.21. The standard InChI is InChI=1S/C13H24N2S/c1-10(6-7-13(3,4)5)14-8-12-9-16-11(2)15-12/h9-10,14H,6-8H2,1-5H3. The molecule has 1 aromatic heterocycles. The fourth-order valence-electron chi connectivity index (χ4n) is 1.52. The molecule has 0 aliphatic rings. The predicted octanol–water partition coefficient (Wildman–Crippen LogP) is 3.76. The molecule has 1 unspecified atom stereocenters. The van der Waals surface area contributed by atoms with Crippen LogP contribution in [0, 0.1) is 12.3 Å². The fourth-order valence-corrected chi connectivity index (χ4v) is 2.13. The van der Waals surface area contributed by atoms with Crippen molar-refractivity contribution in [3.63, 3.8) is 0 Å². The lowest BCUT2D eigenvalue weighted by Crippen LogP contribution is -2.26. The van der Waals surface area contributed by atoms with E-state index in [1.165, 1.54) is 18.5 Å². The first kappa shape index (κ1) is 13.7. The van der Waals surface area contributed by atoms with Gasteiger partial charge in [-0.25, -0.2) is 4.98 Å². The van der Waals surface area contributed by atoms with E-state index < -0.39 is 0 Å². The number of hydrogen-bond donors (Lipinski definition) is 1. The Morgan fingerprint density at radius 1 is 1.44 bits per heavy atom. The lowest BCUT2D eigenvalue weighted by molar-refractivity contribution is 0.336. The van der Waals surface area contributed by atoms with Crippen LogP contribution in [0.2, 0.25) is 0 Å².